The SMILES string of the molecule is COc1cc(/C=N/NC(=O)C2CC(=O)N(Cc3ccco3)C2)ccc1OC(C)=O. The maximum Gasteiger partial charge on any atom is 0.308 e. The second-order valence-corrected chi connectivity index (χ2v) is 6.49. The zero-order valence-corrected chi connectivity index (χ0v) is 16.1. The van der Waals surface area contributed by atoms with Crippen molar-refractivity contribution in [2.45, 2.75) is 19.9 Å². The first kappa shape index (κ1) is 20.1. The first-order chi connectivity index (χ1) is 14.0. The molecular formula is C20H21N3O6. The molecule has 0 bridgehead atoms. The summed E-state index contributed by atoms with van der Waals surface area (Å²) in [6.45, 7) is 1.95. The van der Waals surface area contributed by atoms with Crippen molar-refractivity contribution in [3.63, 3.8) is 0 Å². The van der Waals surface area contributed by atoms with E-state index in [2.05, 4.69) is 10.5 Å². The molecule has 1 N–H and O–H groups in total. The van der Waals surface area contributed by atoms with Crippen molar-refractivity contribution in [1.29, 1.82) is 0 Å². The van der Waals surface area contributed by atoms with Crippen LogP contribution in [0, 0.1) is 5.92 Å². The zero-order valence-electron chi connectivity index (χ0n) is 16.1. The summed E-state index contributed by atoms with van der Waals surface area (Å²) in [6.07, 6.45) is 3.12. The highest BCUT2D eigenvalue weighted by atomic mass is 16.6. The number of methoxy groups -OCH3 is 1. The first-order valence-corrected chi connectivity index (χ1v) is 8.96. The maximum absolute atomic E-state index is 12.3. The van der Waals surface area contributed by atoms with E-state index in [-0.39, 0.29) is 18.2 Å². The standard InChI is InChI=1S/C20H21N3O6/c1-13(24)29-17-6-5-14(8-18(17)27-2)10-21-22-20(26)15-9-19(25)23(11-15)12-16-4-3-7-28-16/h3-8,10,15H,9,11-12H2,1-2H3,(H,22,26)/b21-10+. The van der Waals surface area contributed by atoms with E-state index in [0.29, 0.717) is 35.9 Å². The molecule has 1 aliphatic rings. The third-order valence-electron chi connectivity index (χ3n) is 4.34. The average molecular weight is 399 g/mol. The first-order valence-electron chi connectivity index (χ1n) is 8.96. The van der Waals surface area contributed by atoms with Gasteiger partial charge in [0.1, 0.15) is 5.76 Å². The smallest absolute Gasteiger partial charge is 0.308 e. The molecule has 1 atom stereocenters. The van der Waals surface area contributed by atoms with E-state index >= 15 is 0 Å². The van der Waals surface area contributed by atoms with Crippen LogP contribution in [-0.2, 0) is 20.9 Å². The van der Waals surface area contributed by atoms with Gasteiger partial charge in [0.05, 0.1) is 32.1 Å². The molecule has 0 aliphatic carbocycles. The number of hydrogen-bond donors (Lipinski definition) is 1. The van der Waals surface area contributed by atoms with Gasteiger partial charge in [0, 0.05) is 19.9 Å². The molecule has 1 saturated heterocycles. The van der Waals surface area contributed by atoms with Crippen molar-refractivity contribution in [2.75, 3.05) is 13.7 Å². The van der Waals surface area contributed by atoms with Crippen LogP contribution < -0.4 is 14.9 Å². The van der Waals surface area contributed by atoms with Crippen LogP contribution >= 0.6 is 0 Å². The van der Waals surface area contributed by atoms with Gasteiger partial charge in [-0.25, -0.2) is 5.43 Å². The van der Waals surface area contributed by atoms with Gasteiger partial charge in [-0.15, -0.1) is 0 Å². The summed E-state index contributed by atoms with van der Waals surface area (Å²) in [4.78, 5) is 37.1. The lowest BCUT2D eigenvalue weighted by molar-refractivity contribution is -0.132. The Kier molecular flexibility index (Phi) is 6.28. The largest absolute Gasteiger partial charge is 0.493 e. The highest BCUT2D eigenvalue weighted by molar-refractivity contribution is 5.90. The summed E-state index contributed by atoms with van der Waals surface area (Å²) in [7, 11) is 1.45. The zero-order chi connectivity index (χ0) is 20.8. The fourth-order valence-electron chi connectivity index (χ4n) is 2.96. The van der Waals surface area contributed by atoms with E-state index in [4.69, 9.17) is 13.9 Å². The molecule has 1 fully saturated rings. The molecular weight excluding hydrogens is 378 g/mol. The van der Waals surface area contributed by atoms with Crippen LogP contribution in [0.4, 0.5) is 0 Å². The van der Waals surface area contributed by atoms with Crippen LogP contribution in [0.25, 0.3) is 0 Å². The molecule has 1 aliphatic heterocycles. The van der Waals surface area contributed by atoms with Crippen LogP contribution in [0.1, 0.15) is 24.7 Å². The Morgan fingerprint density at radius 2 is 2.17 bits per heavy atom. The minimum absolute atomic E-state index is 0.101. The molecule has 29 heavy (non-hydrogen) atoms. The number of esters is 1. The van der Waals surface area contributed by atoms with Crippen molar-refractivity contribution < 1.29 is 28.3 Å². The number of nitrogens with zero attached hydrogens (tertiary/aromatic N) is 2. The number of furan rings is 1. The van der Waals surface area contributed by atoms with Crippen LogP contribution in [0.5, 0.6) is 11.5 Å². The van der Waals surface area contributed by atoms with Gasteiger partial charge >= 0.3 is 5.97 Å². The molecule has 2 aromatic rings. The minimum atomic E-state index is -0.476. The van der Waals surface area contributed by atoms with Gasteiger partial charge in [0.2, 0.25) is 11.8 Å². The van der Waals surface area contributed by atoms with Crippen molar-refractivity contribution in [1.82, 2.24) is 10.3 Å². The Morgan fingerprint density at radius 3 is 2.86 bits per heavy atom. The van der Waals surface area contributed by atoms with Gasteiger partial charge in [-0.2, -0.15) is 5.10 Å². The summed E-state index contributed by atoms with van der Waals surface area (Å²) in [5.74, 6) is -0.0349. The summed E-state index contributed by atoms with van der Waals surface area (Å²) >= 11 is 0. The number of amides is 2. The number of nitrogens with one attached hydrogen (secondary N) is 1. The second kappa shape index (κ2) is 9.05. The lowest BCUT2D eigenvalue weighted by Gasteiger charge is -2.14. The number of hydrazone groups is 1. The van der Waals surface area contributed by atoms with Crippen molar-refractivity contribution in [3.05, 3.63) is 47.9 Å². The number of ether oxygens (including phenoxy) is 2. The van der Waals surface area contributed by atoms with Gasteiger partial charge in [0.15, 0.2) is 11.5 Å². The van der Waals surface area contributed by atoms with Gasteiger partial charge in [-0.05, 0) is 35.9 Å². The van der Waals surface area contributed by atoms with E-state index in [9.17, 15) is 14.4 Å². The molecule has 1 unspecified atom stereocenters. The molecule has 2 heterocycles. The minimum Gasteiger partial charge on any atom is -0.493 e. The maximum atomic E-state index is 12.3. The number of likely N-dealkylation sites (tertiary alicyclic amines) is 1. The van der Waals surface area contributed by atoms with Gasteiger partial charge in [0.25, 0.3) is 0 Å². The van der Waals surface area contributed by atoms with Crippen molar-refractivity contribution in [2.24, 2.45) is 11.0 Å². The number of benzene rings is 1. The molecule has 0 spiro atoms. The third kappa shape index (κ3) is 5.22. The monoisotopic (exact) mass is 399 g/mol. The lowest BCUT2D eigenvalue weighted by Crippen LogP contribution is -2.30. The number of carbonyl (C=O) groups excluding carboxylic acids is 3. The lowest BCUT2D eigenvalue weighted by atomic mass is 10.1. The quantitative estimate of drug-likeness (QED) is 0.328. The Bertz CT molecular complexity index is 922. The predicted octanol–water partition coefficient (Wildman–Crippen LogP) is 1.71. The fourth-order valence-corrected chi connectivity index (χ4v) is 2.96. The normalized spacial score (nSPS) is 16.3. The van der Waals surface area contributed by atoms with Crippen LogP contribution in [-0.4, -0.2) is 42.6 Å². The van der Waals surface area contributed by atoms with Crippen LogP contribution in [0.15, 0.2) is 46.1 Å². The molecule has 0 saturated carbocycles. The van der Waals surface area contributed by atoms with Gasteiger partial charge < -0.3 is 18.8 Å². The predicted molar refractivity (Wildman–Crippen MR) is 102 cm³/mol. The molecule has 2 amide bonds. The molecule has 0 radical (unpaired) electrons. The molecule has 1 aromatic heterocycles. The van der Waals surface area contributed by atoms with E-state index in [0.717, 1.165) is 0 Å². The fraction of sp³-hybridized carbons (Fsp3) is 0.300. The molecule has 9 nitrogen and oxygen atoms in total. The summed E-state index contributed by atoms with van der Waals surface area (Å²) in [5.41, 5.74) is 3.10. The number of carbonyl (C=O) groups is 3. The van der Waals surface area contributed by atoms with Crippen molar-refractivity contribution >= 4 is 24.0 Å². The van der Waals surface area contributed by atoms with E-state index in [1.165, 1.54) is 20.2 Å². The third-order valence-corrected chi connectivity index (χ3v) is 4.34. The second-order valence-electron chi connectivity index (χ2n) is 6.49. The number of hydrogen-bond acceptors (Lipinski definition) is 7. The number of rotatable bonds is 7. The van der Waals surface area contributed by atoms with E-state index in [1.54, 1.807) is 41.5 Å². The molecule has 1 aromatic carbocycles. The molecule has 152 valence electrons. The Hall–Kier alpha value is -3.62. The Balaban J connectivity index is 1.55. The van der Waals surface area contributed by atoms with Crippen molar-refractivity contribution in [3.8, 4) is 11.5 Å². The van der Waals surface area contributed by atoms with Crippen LogP contribution in [0.3, 0.4) is 0 Å². The average Bonchev–Trinajstić information content (AvgIpc) is 3.33. The Labute approximate surface area is 167 Å². The summed E-state index contributed by atoms with van der Waals surface area (Å²) in [6, 6.07) is 8.40. The topological polar surface area (TPSA) is 110 Å². The van der Waals surface area contributed by atoms with Gasteiger partial charge in [-0.3, -0.25) is 14.4 Å². The highest BCUT2D eigenvalue weighted by Gasteiger charge is 2.34. The summed E-state index contributed by atoms with van der Waals surface area (Å²) < 4.78 is 15.5. The molecule has 3 rings (SSSR count). The molecule has 9 heteroatoms. The van der Waals surface area contributed by atoms with E-state index in [1.807, 2.05) is 0 Å². The van der Waals surface area contributed by atoms with Crippen LogP contribution in [0.2, 0.25) is 0 Å². The Morgan fingerprint density at radius 1 is 1.34 bits per heavy atom. The summed E-state index contributed by atoms with van der Waals surface area (Å²) in [5, 5.41) is 3.94. The van der Waals surface area contributed by atoms with E-state index < -0.39 is 11.9 Å². The highest BCUT2D eigenvalue weighted by Crippen LogP contribution is 2.27. The van der Waals surface area contributed by atoms with Gasteiger partial charge in [-0.1, -0.05) is 0 Å².